The van der Waals surface area contributed by atoms with Gasteiger partial charge in [-0.2, -0.15) is 8.78 Å². The number of halogens is 6. The Kier molecular flexibility index (Phi) is 3.63. The molecule has 0 aliphatic heterocycles. The molecule has 0 aromatic carbocycles. The van der Waals surface area contributed by atoms with E-state index in [1.54, 1.807) is 0 Å². The van der Waals surface area contributed by atoms with Crippen molar-refractivity contribution >= 4 is 0 Å². The maximum Gasteiger partial charge on any atom is 0.343 e. The Labute approximate surface area is 71.9 Å². The van der Waals surface area contributed by atoms with Crippen molar-refractivity contribution in [2.24, 2.45) is 0 Å². The van der Waals surface area contributed by atoms with Gasteiger partial charge in [0.1, 0.15) is 6.17 Å². The summed E-state index contributed by atoms with van der Waals surface area (Å²) in [5, 5.41) is 0. The molecule has 0 aliphatic rings. The van der Waals surface area contributed by atoms with Crippen LogP contribution < -0.4 is 0 Å². The van der Waals surface area contributed by atoms with E-state index in [2.05, 4.69) is 6.92 Å². The standard InChI is InChI=1S/C7H9F6/c1-3-4(8)5(9)7(12,13)6(2,10)11/h4-5H,1,3H2,2H3/t4?,5-/m0/s1. The summed E-state index contributed by atoms with van der Waals surface area (Å²) < 4.78 is 73.6. The maximum atomic E-state index is 12.4. The molecule has 0 aromatic rings. The molecule has 0 bridgehead atoms. The fourth-order valence-corrected chi connectivity index (χ4v) is 0.616. The van der Waals surface area contributed by atoms with Crippen LogP contribution in [0.3, 0.4) is 0 Å². The van der Waals surface area contributed by atoms with Crippen molar-refractivity contribution in [1.29, 1.82) is 0 Å². The third kappa shape index (κ3) is 2.51. The van der Waals surface area contributed by atoms with Gasteiger partial charge in [0.2, 0.25) is 6.17 Å². The topological polar surface area (TPSA) is 0 Å². The van der Waals surface area contributed by atoms with E-state index in [1.807, 2.05) is 0 Å². The molecular formula is C7H9F6. The van der Waals surface area contributed by atoms with Gasteiger partial charge in [0, 0.05) is 6.92 Å². The Balaban J connectivity index is 4.63. The molecule has 1 unspecified atom stereocenters. The molecule has 0 spiro atoms. The predicted octanol–water partition coefficient (Wildman–Crippen LogP) is 3.18. The first-order valence-electron chi connectivity index (χ1n) is 3.47. The fourth-order valence-electron chi connectivity index (χ4n) is 0.616. The zero-order valence-corrected chi connectivity index (χ0v) is 6.84. The predicted molar refractivity (Wildman–Crippen MR) is 35.3 cm³/mol. The van der Waals surface area contributed by atoms with E-state index in [4.69, 9.17) is 0 Å². The molecule has 0 heterocycles. The van der Waals surface area contributed by atoms with E-state index in [1.165, 1.54) is 0 Å². The van der Waals surface area contributed by atoms with Gasteiger partial charge >= 0.3 is 11.8 Å². The minimum absolute atomic E-state index is 0.157. The van der Waals surface area contributed by atoms with Crippen LogP contribution in [-0.4, -0.2) is 24.2 Å². The molecule has 0 N–H and O–H groups in total. The van der Waals surface area contributed by atoms with Gasteiger partial charge in [-0.15, -0.1) is 0 Å². The normalized spacial score (nSPS) is 18.5. The lowest BCUT2D eigenvalue weighted by molar-refractivity contribution is -0.238. The van der Waals surface area contributed by atoms with Gasteiger partial charge in [-0.3, -0.25) is 0 Å². The van der Waals surface area contributed by atoms with Gasteiger partial charge in [0.05, 0.1) is 0 Å². The van der Waals surface area contributed by atoms with E-state index in [0.29, 0.717) is 0 Å². The Hall–Kier alpha value is -0.420. The number of alkyl halides is 6. The first-order valence-corrected chi connectivity index (χ1v) is 3.47. The second-order valence-electron chi connectivity index (χ2n) is 2.72. The van der Waals surface area contributed by atoms with E-state index >= 15 is 0 Å². The molecule has 79 valence electrons. The van der Waals surface area contributed by atoms with E-state index < -0.39 is 30.6 Å². The van der Waals surface area contributed by atoms with Crippen LogP contribution in [0.25, 0.3) is 0 Å². The van der Waals surface area contributed by atoms with Crippen LogP contribution in [0.2, 0.25) is 0 Å². The quantitative estimate of drug-likeness (QED) is 0.621. The van der Waals surface area contributed by atoms with Crippen LogP contribution in [0.15, 0.2) is 0 Å². The molecule has 1 radical (unpaired) electrons. The molecule has 2 atom stereocenters. The molecule has 0 amide bonds. The van der Waals surface area contributed by atoms with E-state index in [9.17, 15) is 26.3 Å². The maximum absolute atomic E-state index is 12.4. The van der Waals surface area contributed by atoms with Crippen LogP contribution in [0.1, 0.15) is 13.3 Å². The van der Waals surface area contributed by atoms with E-state index in [-0.39, 0.29) is 6.92 Å². The van der Waals surface area contributed by atoms with Gasteiger partial charge in [-0.25, -0.2) is 17.6 Å². The summed E-state index contributed by atoms with van der Waals surface area (Å²) >= 11 is 0. The van der Waals surface area contributed by atoms with Crippen LogP contribution in [0.4, 0.5) is 26.3 Å². The van der Waals surface area contributed by atoms with Crippen LogP contribution in [-0.2, 0) is 0 Å². The second kappa shape index (κ2) is 3.75. The smallest absolute Gasteiger partial charge is 0.244 e. The summed E-state index contributed by atoms with van der Waals surface area (Å²) in [6, 6.07) is 0. The molecule has 0 aromatic heterocycles. The Morgan fingerprint density at radius 1 is 1.15 bits per heavy atom. The van der Waals surface area contributed by atoms with Gasteiger partial charge < -0.3 is 0 Å². The van der Waals surface area contributed by atoms with Gasteiger partial charge in [0.15, 0.2) is 0 Å². The lowest BCUT2D eigenvalue weighted by Gasteiger charge is -2.27. The lowest BCUT2D eigenvalue weighted by Crippen LogP contribution is -2.49. The van der Waals surface area contributed by atoms with Crippen molar-refractivity contribution in [3.63, 3.8) is 0 Å². The molecule has 0 nitrogen and oxygen atoms in total. The van der Waals surface area contributed by atoms with Crippen molar-refractivity contribution in [2.45, 2.75) is 37.5 Å². The highest BCUT2D eigenvalue weighted by atomic mass is 19.3. The molecule has 0 aliphatic carbocycles. The first-order chi connectivity index (χ1) is 5.64. The van der Waals surface area contributed by atoms with E-state index in [0.717, 1.165) is 0 Å². The highest BCUT2D eigenvalue weighted by molar-refractivity contribution is 4.92. The first kappa shape index (κ1) is 12.6. The van der Waals surface area contributed by atoms with Crippen molar-refractivity contribution in [3.8, 4) is 0 Å². The summed E-state index contributed by atoms with van der Waals surface area (Å²) in [5.74, 6) is -9.57. The zero-order valence-electron chi connectivity index (χ0n) is 6.84. The van der Waals surface area contributed by atoms with Crippen LogP contribution >= 0.6 is 0 Å². The third-order valence-corrected chi connectivity index (χ3v) is 1.52. The zero-order chi connectivity index (χ0) is 10.9. The van der Waals surface area contributed by atoms with Gasteiger partial charge in [0.25, 0.3) is 0 Å². The summed E-state index contributed by atoms with van der Waals surface area (Å²) in [4.78, 5) is 0. The molecule has 0 fully saturated rings. The monoisotopic (exact) mass is 207 g/mol. The number of hydrogen-bond acceptors (Lipinski definition) is 0. The van der Waals surface area contributed by atoms with Crippen molar-refractivity contribution in [1.82, 2.24) is 0 Å². The lowest BCUT2D eigenvalue weighted by atomic mass is 10.0. The second-order valence-corrected chi connectivity index (χ2v) is 2.72. The molecular weight excluding hydrogens is 198 g/mol. The Morgan fingerprint density at radius 3 is 1.77 bits per heavy atom. The van der Waals surface area contributed by atoms with Crippen molar-refractivity contribution in [3.05, 3.63) is 6.92 Å². The highest BCUT2D eigenvalue weighted by Gasteiger charge is 2.60. The van der Waals surface area contributed by atoms with Gasteiger partial charge in [-0.05, 0) is 6.42 Å². The van der Waals surface area contributed by atoms with Crippen molar-refractivity contribution in [2.75, 3.05) is 0 Å². The summed E-state index contributed by atoms with van der Waals surface area (Å²) in [6.45, 7) is 2.65. The largest absolute Gasteiger partial charge is 0.343 e. The molecule has 0 saturated carbocycles. The summed E-state index contributed by atoms with van der Waals surface area (Å²) in [5.41, 5.74) is 0. The molecule has 6 heteroatoms. The van der Waals surface area contributed by atoms with Gasteiger partial charge in [-0.1, -0.05) is 6.92 Å². The molecule has 0 rings (SSSR count). The van der Waals surface area contributed by atoms with Crippen molar-refractivity contribution < 1.29 is 26.3 Å². The van der Waals surface area contributed by atoms with Crippen LogP contribution in [0.5, 0.6) is 0 Å². The average Bonchev–Trinajstić information content (AvgIpc) is 1.99. The SMILES string of the molecule is [CH2]CC(F)[C@H](F)C(F)(F)C(C)(F)F. The third-order valence-electron chi connectivity index (χ3n) is 1.52. The fraction of sp³-hybridized carbons (Fsp3) is 0.857. The number of rotatable bonds is 4. The minimum atomic E-state index is -5.00. The average molecular weight is 207 g/mol. The Bertz CT molecular complexity index is 161. The molecule has 13 heavy (non-hydrogen) atoms. The summed E-state index contributed by atoms with van der Waals surface area (Å²) in [6.07, 6.45) is -7.02. The highest BCUT2D eigenvalue weighted by Crippen LogP contribution is 2.40. The Morgan fingerprint density at radius 2 is 1.54 bits per heavy atom. The summed E-state index contributed by atoms with van der Waals surface area (Å²) in [7, 11) is 0. The van der Waals surface area contributed by atoms with Crippen LogP contribution in [0, 0.1) is 6.92 Å². The number of hydrogen-bond donors (Lipinski definition) is 0. The molecule has 0 saturated heterocycles. The minimum Gasteiger partial charge on any atom is -0.244 e.